The van der Waals surface area contributed by atoms with Crippen molar-refractivity contribution >= 4 is 6.09 Å². The van der Waals surface area contributed by atoms with Gasteiger partial charge in [0.05, 0.1) is 6.04 Å². The standard InChI is InChI=1S/C17H26N2O2/c1-17(2,3)21-16(20)19-15(11-13-9-10-18-12-13)14-7-5-4-6-8-14/h4-8,13,15,18H,9-12H2,1-3H3,(H,19,20). The summed E-state index contributed by atoms with van der Waals surface area (Å²) in [6.45, 7) is 7.74. The normalized spacial score (nSPS) is 20.0. The molecule has 1 aliphatic rings. The van der Waals surface area contributed by atoms with Gasteiger partial charge in [-0.1, -0.05) is 30.3 Å². The van der Waals surface area contributed by atoms with Gasteiger partial charge in [0.25, 0.3) is 0 Å². The second kappa shape index (κ2) is 6.94. The van der Waals surface area contributed by atoms with Gasteiger partial charge < -0.3 is 15.4 Å². The Hall–Kier alpha value is -1.55. The van der Waals surface area contributed by atoms with Gasteiger partial charge in [-0.15, -0.1) is 0 Å². The third-order valence-electron chi connectivity index (χ3n) is 3.62. The predicted octanol–water partition coefficient (Wildman–Crippen LogP) is 3.25. The van der Waals surface area contributed by atoms with Crippen molar-refractivity contribution in [2.75, 3.05) is 13.1 Å². The Morgan fingerprint density at radius 3 is 2.67 bits per heavy atom. The lowest BCUT2D eigenvalue weighted by molar-refractivity contribution is 0.0497. The summed E-state index contributed by atoms with van der Waals surface area (Å²) in [5, 5.41) is 6.40. The van der Waals surface area contributed by atoms with Crippen molar-refractivity contribution < 1.29 is 9.53 Å². The van der Waals surface area contributed by atoms with E-state index in [4.69, 9.17) is 4.74 Å². The van der Waals surface area contributed by atoms with E-state index >= 15 is 0 Å². The molecular weight excluding hydrogens is 264 g/mol. The van der Waals surface area contributed by atoms with Crippen molar-refractivity contribution in [3.05, 3.63) is 35.9 Å². The number of benzene rings is 1. The fourth-order valence-electron chi connectivity index (χ4n) is 2.66. The number of amides is 1. The van der Waals surface area contributed by atoms with Gasteiger partial charge in [0.1, 0.15) is 5.60 Å². The summed E-state index contributed by atoms with van der Waals surface area (Å²) >= 11 is 0. The predicted molar refractivity (Wildman–Crippen MR) is 84.1 cm³/mol. The van der Waals surface area contributed by atoms with Crippen molar-refractivity contribution in [3.63, 3.8) is 0 Å². The van der Waals surface area contributed by atoms with Gasteiger partial charge in [0, 0.05) is 0 Å². The van der Waals surface area contributed by atoms with Crippen molar-refractivity contribution in [1.29, 1.82) is 0 Å². The second-order valence-electron chi connectivity index (χ2n) is 6.70. The molecule has 2 atom stereocenters. The fraction of sp³-hybridized carbons (Fsp3) is 0.588. The number of alkyl carbamates (subject to hydrolysis) is 1. The molecular formula is C17H26N2O2. The quantitative estimate of drug-likeness (QED) is 0.895. The molecule has 0 aromatic heterocycles. The smallest absolute Gasteiger partial charge is 0.408 e. The Morgan fingerprint density at radius 1 is 1.38 bits per heavy atom. The first-order valence-electron chi connectivity index (χ1n) is 7.69. The van der Waals surface area contributed by atoms with Crippen LogP contribution in [0.15, 0.2) is 30.3 Å². The van der Waals surface area contributed by atoms with E-state index in [0.29, 0.717) is 5.92 Å². The minimum atomic E-state index is -0.472. The molecule has 1 aliphatic heterocycles. The van der Waals surface area contributed by atoms with Gasteiger partial charge in [0.2, 0.25) is 0 Å². The number of hydrogen-bond acceptors (Lipinski definition) is 3. The Morgan fingerprint density at radius 2 is 2.10 bits per heavy atom. The van der Waals surface area contributed by atoms with Crippen LogP contribution in [0.4, 0.5) is 4.79 Å². The Balaban J connectivity index is 2.03. The summed E-state index contributed by atoms with van der Waals surface area (Å²) < 4.78 is 5.39. The number of rotatable bonds is 4. The molecule has 1 aromatic carbocycles. The number of ether oxygens (including phenoxy) is 1. The van der Waals surface area contributed by atoms with E-state index in [2.05, 4.69) is 22.8 Å². The van der Waals surface area contributed by atoms with Crippen LogP contribution in [0.5, 0.6) is 0 Å². The van der Waals surface area contributed by atoms with E-state index < -0.39 is 5.60 Å². The zero-order valence-electron chi connectivity index (χ0n) is 13.2. The molecule has 2 unspecified atom stereocenters. The zero-order valence-corrected chi connectivity index (χ0v) is 13.2. The molecule has 0 spiro atoms. The summed E-state index contributed by atoms with van der Waals surface area (Å²) in [7, 11) is 0. The van der Waals surface area contributed by atoms with E-state index in [0.717, 1.165) is 25.1 Å². The number of carbonyl (C=O) groups excluding carboxylic acids is 1. The molecule has 1 amide bonds. The molecule has 1 saturated heterocycles. The third-order valence-corrected chi connectivity index (χ3v) is 3.62. The molecule has 0 bridgehead atoms. The van der Waals surface area contributed by atoms with E-state index in [1.807, 2.05) is 39.0 Å². The molecule has 4 nitrogen and oxygen atoms in total. The monoisotopic (exact) mass is 290 g/mol. The first-order chi connectivity index (χ1) is 9.94. The summed E-state index contributed by atoms with van der Waals surface area (Å²) in [6, 6.07) is 10.1. The van der Waals surface area contributed by atoms with Gasteiger partial charge in [-0.05, 0) is 58.2 Å². The fourth-order valence-corrected chi connectivity index (χ4v) is 2.66. The van der Waals surface area contributed by atoms with Crippen LogP contribution in [0, 0.1) is 5.92 Å². The molecule has 1 aromatic rings. The van der Waals surface area contributed by atoms with Crippen molar-refractivity contribution in [2.24, 2.45) is 5.92 Å². The molecule has 0 saturated carbocycles. The van der Waals surface area contributed by atoms with E-state index in [-0.39, 0.29) is 12.1 Å². The highest BCUT2D eigenvalue weighted by molar-refractivity contribution is 5.68. The van der Waals surface area contributed by atoms with Gasteiger partial charge in [-0.25, -0.2) is 4.79 Å². The van der Waals surface area contributed by atoms with Gasteiger partial charge in [-0.3, -0.25) is 0 Å². The lowest BCUT2D eigenvalue weighted by atomic mass is 9.94. The lowest BCUT2D eigenvalue weighted by Crippen LogP contribution is -2.35. The van der Waals surface area contributed by atoms with Crippen molar-refractivity contribution in [1.82, 2.24) is 10.6 Å². The Bertz CT molecular complexity index is 448. The van der Waals surface area contributed by atoms with E-state index in [1.54, 1.807) is 0 Å². The third kappa shape index (κ3) is 5.38. The van der Waals surface area contributed by atoms with Crippen molar-refractivity contribution in [2.45, 2.75) is 45.3 Å². The topological polar surface area (TPSA) is 50.4 Å². The number of nitrogens with one attached hydrogen (secondary N) is 2. The van der Waals surface area contributed by atoms with Crippen LogP contribution in [0.2, 0.25) is 0 Å². The molecule has 0 aliphatic carbocycles. The minimum absolute atomic E-state index is 0.00551. The molecule has 21 heavy (non-hydrogen) atoms. The van der Waals surface area contributed by atoms with Crippen molar-refractivity contribution in [3.8, 4) is 0 Å². The maximum atomic E-state index is 12.1. The highest BCUT2D eigenvalue weighted by atomic mass is 16.6. The molecule has 1 heterocycles. The molecule has 2 rings (SSSR count). The highest BCUT2D eigenvalue weighted by Crippen LogP contribution is 2.25. The zero-order chi connectivity index (χ0) is 15.3. The number of carbonyl (C=O) groups is 1. The first-order valence-corrected chi connectivity index (χ1v) is 7.69. The van der Waals surface area contributed by atoms with E-state index in [9.17, 15) is 4.79 Å². The first kappa shape index (κ1) is 15.8. The SMILES string of the molecule is CC(C)(C)OC(=O)NC(CC1CCNC1)c1ccccc1. The van der Waals surface area contributed by atoms with E-state index in [1.165, 1.54) is 6.42 Å². The van der Waals surface area contributed by atoms with Gasteiger partial charge in [-0.2, -0.15) is 0 Å². The lowest BCUT2D eigenvalue weighted by Gasteiger charge is -2.25. The van der Waals surface area contributed by atoms with Gasteiger partial charge in [0.15, 0.2) is 0 Å². The molecule has 0 radical (unpaired) electrons. The van der Waals surface area contributed by atoms with Crippen LogP contribution >= 0.6 is 0 Å². The average molecular weight is 290 g/mol. The second-order valence-corrected chi connectivity index (χ2v) is 6.70. The minimum Gasteiger partial charge on any atom is -0.444 e. The summed E-state index contributed by atoms with van der Waals surface area (Å²) in [5.74, 6) is 0.602. The molecule has 116 valence electrons. The van der Waals surface area contributed by atoms with Crippen LogP contribution < -0.4 is 10.6 Å². The summed E-state index contributed by atoms with van der Waals surface area (Å²) in [6.07, 6.45) is 1.76. The van der Waals surface area contributed by atoms with Crippen LogP contribution in [-0.4, -0.2) is 24.8 Å². The van der Waals surface area contributed by atoms with Crippen LogP contribution in [-0.2, 0) is 4.74 Å². The van der Waals surface area contributed by atoms with Crippen LogP contribution in [0.3, 0.4) is 0 Å². The Kier molecular flexibility index (Phi) is 5.23. The summed E-state index contributed by atoms with van der Waals surface area (Å²) in [4.78, 5) is 12.1. The molecule has 2 N–H and O–H groups in total. The molecule has 1 fully saturated rings. The molecule has 4 heteroatoms. The van der Waals surface area contributed by atoms with Crippen LogP contribution in [0.25, 0.3) is 0 Å². The summed E-state index contributed by atoms with van der Waals surface area (Å²) in [5.41, 5.74) is 0.663. The van der Waals surface area contributed by atoms with Gasteiger partial charge >= 0.3 is 6.09 Å². The average Bonchev–Trinajstić information content (AvgIpc) is 2.90. The largest absolute Gasteiger partial charge is 0.444 e. The maximum absolute atomic E-state index is 12.1. The Labute approximate surface area is 127 Å². The maximum Gasteiger partial charge on any atom is 0.408 e. The highest BCUT2D eigenvalue weighted by Gasteiger charge is 2.24. The number of hydrogen-bond donors (Lipinski definition) is 2. The van der Waals surface area contributed by atoms with Crippen LogP contribution in [0.1, 0.15) is 45.2 Å².